The van der Waals surface area contributed by atoms with Crippen molar-refractivity contribution in [2.75, 3.05) is 0 Å². The minimum atomic E-state index is -1.04. The summed E-state index contributed by atoms with van der Waals surface area (Å²) in [5.41, 5.74) is 3.50. The molecule has 0 saturated carbocycles. The Morgan fingerprint density at radius 2 is 1.73 bits per heavy atom. The number of carboxylic acid groups (broad SMARTS) is 1. The third-order valence-electron chi connectivity index (χ3n) is 7.15. The predicted octanol–water partition coefficient (Wildman–Crippen LogP) is 5.67. The van der Waals surface area contributed by atoms with E-state index in [9.17, 15) is 19.5 Å². The van der Waals surface area contributed by atoms with Crippen molar-refractivity contribution in [1.82, 2.24) is 24.6 Å². The average molecular weight is 590 g/mol. The molecule has 0 atom stereocenters. The number of rotatable bonds is 9. The molecule has 0 aliphatic carbocycles. The van der Waals surface area contributed by atoms with E-state index in [1.54, 1.807) is 35.8 Å². The molecule has 0 radical (unpaired) electrons. The minimum Gasteiger partial charge on any atom is -0.480 e. The van der Waals surface area contributed by atoms with Gasteiger partial charge in [0.05, 0.1) is 17.1 Å². The van der Waals surface area contributed by atoms with Gasteiger partial charge in [0.1, 0.15) is 23.1 Å². The molecule has 5 rings (SSSR count). The number of nitrogens with zero attached hydrogens (tertiary/aromatic N) is 4. The standard InChI is InChI=1S/C30H28ClN5O4S/c1-5-19-20-10-7-9-13-23(20)35(15-25(37)38)27(19)29(40)32-14-24-34-33-18(4)36(24)30-26(16(2)17(3)41-30)28(39)21-11-6-8-12-22(21)31/h6-13H,5,14-15H2,1-4H3,(H,32,40)(H,37,38). The number of benzene rings is 2. The van der Waals surface area contributed by atoms with Gasteiger partial charge in [0.2, 0.25) is 0 Å². The number of aryl methyl sites for hydroxylation is 3. The molecule has 210 valence electrons. The second-order valence-electron chi connectivity index (χ2n) is 9.63. The van der Waals surface area contributed by atoms with Crippen LogP contribution in [0.1, 0.15) is 61.0 Å². The van der Waals surface area contributed by atoms with Crippen LogP contribution in [0.25, 0.3) is 15.9 Å². The first kappa shape index (κ1) is 28.3. The normalized spacial score (nSPS) is 11.2. The molecular weight excluding hydrogens is 562 g/mol. The number of para-hydroxylation sites is 1. The third kappa shape index (κ3) is 5.05. The number of ketones is 1. The maximum atomic E-state index is 13.7. The number of aliphatic carboxylic acids is 1. The molecule has 9 nitrogen and oxygen atoms in total. The van der Waals surface area contributed by atoms with Crippen LogP contribution in [-0.2, 0) is 24.3 Å². The summed E-state index contributed by atoms with van der Waals surface area (Å²) >= 11 is 7.82. The average Bonchev–Trinajstić information content (AvgIpc) is 3.57. The number of hydrogen-bond donors (Lipinski definition) is 2. The van der Waals surface area contributed by atoms with Crippen LogP contribution >= 0.6 is 22.9 Å². The fourth-order valence-electron chi connectivity index (χ4n) is 5.13. The lowest BCUT2D eigenvalue weighted by Crippen LogP contribution is -2.29. The Bertz CT molecular complexity index is 1830. The number of aromatic nitrogens is 4. The molecule has 0 spiro atoms. The second-order valence-corrected chi connectivity index (χ2v) is 11.2. The molecule has 2 aromatic carbocycles. The predicted molar refractivity (Wildman–Crippen MR) is 158 cm³/mol. The fraction of sp³-hybridized carbons (Fsp3) is 0.233. The van der Waals surface area contributed by atoms with Gasteiger partial charge in [-0.25, -0.2) is 0 Å². The number of hydrogen-bond acceptors (Lipinski definition) is 6. The fourth-order valence-corrected chi connectivity index (χ4v) is 6.58. The molecule has 41 heavy (non-hydrogen) atoms. The number of carbonyl (C=O) groups is 3. The monoisotopic (exact) mass is 589 g/mol. The Kier molecular flexibility index (Phi) is 7.79. The van der Waals surface area contributed by atoms with E-state index < -0.39 is 11.9 Å². The number of nitrogens with one attached hydrogen (secondary N) is 1. The summed E-state index contributed by atoms with van der Waals surface area (Å²) in [5, 5.41) is 22.9. The molecule has 0 aliphatic rings. The number of carbonyl (C=O) groups excluding carboxylic acids is 2. The zero-order chi connectivity index (χ0) is 29.4. The summed E-state index contributed by atoms with van der Waals surface area (Å²) in [5.74, 6) is -0.683. The van der Waals surface area contributed by atoms with Crippen LogP contribution in [0.3, 0.4) is 0 Å². The Morgan fingerprint density at radius 1 is 1.02 bits per heavy atom. The second kappa shape index (κ2) is 11.3. The van der Waals surface area contributed by atoms with Crippen LogP contribution in [0.2, 0.25) is 5.02 Å². The number of thiophene rings is 1. The van der Waals surface area contributed by atoms with Gasteiger partial charge in [0.25, 0.3) is 5.91 Å². The van der Waals surface area contributed by atoms with E-state index in [4.69, 9.17) is 11.6 Å². The molecule has 0 bridgehead atoms. The van der Waals surface area contributed by atoms with Crippen LogP contribution in [0.15, 0.2) is 48.5 Å². The zero-order valence-corrected chi connectivity index (χ0v) is 24.6. The molecule has 11 heteroatoms. The van der Waals surface area contributed by atoms with E-state index in [-0.39, 0.29) is 18.9 Å². The van der Waals surface area contributed by atoms with Crippen molar-refractivity contribution in [3.63, 3.8) is 0 Å². The van der Waals surface area contributed by atoms with Gasteiger partial charge in [-0.15, -0.1) is 21.5 Å². The Labute approximate surface area is 245 Å². The smallest absolute Gasteiger partial charge is 0.323 e. The van der Waals surface area contributed by atoms with Gasteiger partial charge >= 0.3 is 5.97 Å². The van der Waals surface area contributed by atoms with Crippen molar-refractivity contribution < 1.29 is 19.5 Å². The minimum absolute atomic E-state index is 0.00709. The molecule has 1 amide bonds. The van der Waals surface area contributed by atoms with E-state index in [1.807, 2.05) is 45.0 Å². The summed E-state index contributed by atoms with van der Waals surface area (Å²) in [4.78, 5) is 40.0. The van der Waals surface area contributed by atoms with E-state index in [0.717, 1.165) is 21.4 Å². The van der Waals surface area contributed by atoms with Gasteiger partial charge in [-0.3, -0.25) is 19.0 Å². The summed E-state index contributed by atoms with van der Waals surface area (Å²) in [6.45, 7) is 7.22. The largest absolute Gasteiger partial charge is 0.480 e. The maximum Gasteiger partial charge on any atom is 0.323 e. The molecule has 0 aliphatic heterocycles. The van der Waals surface area contributed by atoms with Gasteiger partial charge in [0.15, 0.2) is 11.6 Å². The first-order valence-electron chi connectivity index (χ1n) is 13.0. The van der Waals surface area contributed by atoms with Gasteiger partial charge in [-0.1, -0.05) is 48.9 Å². The van der Waals surface area contributed by atoms with Gasteiger partial charge < -0.3 is 15.0 Å². The van der Waals surface area contributed by atoms with E-state index in [0.29, 0.717) is 50.4 Å². The highest BCUT2D eigenvalue weighted by Crippen LogP contribution is 2.35. The Morgan fingerprint density at radius 3 is 2.44 bits per heavy atom. The van der Waals surface area contributed by atoms with Crippen molar-refractivity contribution in [2.45, 2.75) is 47.2 Å². The van der Waals surface area contributed by atoms with Crippen LogP contribution in [0.5, 0.6) is 0 Å². The van der Waals surface area contributed by atoms with Crippen LogP contribution < -0.4 is 5.32 Å². The Hall–Kier alpha value is -4.28. The summed E-state index contributed by atoms with van der Waals surface area (Å²) in [7, 11) is 0. The van der Waals surface area contributed by atoms with E-state index in [1.165, 1.54) is 15.9 Å². The Balaban J connectivity index is 1.53. The highest BCUT2D eigenvalue weighted by Gasteiger charge is 2.27. The summed E-state index contributed by atoms with van der Waals surface area (Å²) in [6, 6.07) is 14.3. The number of fused-ring (bicyclic) bond motifs is 1. The zero-order valence-electron chi connectivity index (χ0n) is 23.0. The first-order chi connectivity index (χ1) is 19.6. The highest BCUT2D eigenvalue weighted by atomic mass is 35.5. The molecule has 3 aromatic heterocycles. The quantitative estimate of drug-likeness (QED) is 0.214. The topological polar surface area (TPSA) is 119 Å². The van der Waals surface area contributed by atoms with Crippen molar-refractivity contribution >= 4 is 51.5 Å². The third-order valence-corrected chi connectivity index (χ3v) is 8.67. The lowest BCUT2D eigenvalue weighted by Gasteiger charge is -2.13. The molecule has 2 N–H and O–H groups in total. The molecule has 0 saturated heterocycles. The number of halogens is 1. The van der Waals surface area contributed by atoms with E-state index in [2.05, 4.69) is 15.5 Å². The van der Waals surface area contributed by atoms with Crippen molar-refractivity contribution in [1.29, 1.82) is 0 Å². The lowest BCUT2D eigenvalue weighted by molar-refractivity contribution is -0.137. The van der Waals surface area contributed by atoms with Crippen molar-refractivity contribution in [3.8, 4) is 5.00 Å². The van der Waals surface area contributed by atoms with E-state index >= 15 is 0 Å². The van der Waals surface area contributed by atoms with Gasteiger partial charge in [0, 0.05) is 21.3 Å². The number of carboxylic acids is 1. The summed E-state index contributed by atoms with van der Waals surface area (Å²) in [6.07, 6.45) is 0.548. The SMILES string of the molecule is CCc1c(C(=O)NCc2nnc(C)n2-c2sc(C)c(C)c2C(=O)c2ccccc2Cl)n(CC(=O)O)c2ccccc12. The van der Waals surface area contributed by atoms with Crippen molar-refractivity contribution in [2.24, 2.45) is 0 Å². The highest BCUT2D eigenvalue weighted by molar-refractivity contribution is 7.15. The van der Waals surface area contributed by atoms with Crippen LogP contribution in [0, 0.1) is 20.8 Å². The first-order valence-corrected chi connectivity index (χ1v) is 14.2. The molecule has 5 aromatic rings. The molecule has 0 fully saturated rings. The van der Waals surface area contributed by atoms with Crippen LogP contribution in [0.4, 0.5) is 0 Å². The van der Waals surface area contributed by atoms with Gasteiger partial charge in [-0.05, 0) is 56.5 Å². The molecule has 0 unspecified atom stereocenters. The molecule has 3 heterocycles. The lowest BCUT2D eigenvalue weighted by atomic mass is 10.0. The van der Waals surface area contributed by atoms with Crippen molar-refractivity contribution in [3.05, 3.63) is 98.0 Å². The maximum absolute atomic E-state index is 13.7. The van der Waals surface area contributed by atoms with Crippen LogP contribution in [-0.4, -0.2) is 42.1 Å². The number of amides is 1. The van der Waals surface area contributed by atoms with Gasteiger partial charge in [-0.2, -0.15) is 0 Å². The summed E-state index contributed by atoms with van der Waals surface area (Å²) < 4.78 is 3.32. The molecular formula is C30H28ClN5O4S.